The number of benzene rings is 8. The SMILES string of the molecule is C1=CCc2c3ccccc3n3c2c(c2c4c(ccc23)B2c3cc5c6cccc7c8ccccc8n(c5cc3N(c3ccccc3)c3cccc(c32)N4c2ccccc2)c76)=C1. The van der Waals surface area contributed by atoms with Crippen molar-refractivity contribution >= 4 is 129 Å². The molecule has 0 saturated heterocycles. The van der Waals surface area contributed by atoms with Gasteiger partial charge in [0, 0.05) is 66.0 Å². The molecule has 4 nitrogen and oxygen atoms in total. The molecule has 0 radical (unpaired) electrons. The Hall–Kier alpha value is -7.76. The normalized spacial score (nSPS) is 14.2. The number of aromatic nitrogens is 2. The Morgan fingerprint density at radius 3 is 1.87 bits per heavy atom. The molecule has 0 N–H and O–H groups in total. The fraction of sp³-hybridized carbons (Fsp3) is 0.0182. The lowest BCUT2D eigenvalue weighted by Gasteiger charge is -2.44. The third-order valence-corrected chi connectivity index (χ3v) is 14.0. The molecule has 0 bridgehead atoms. The molecule has 1 aliphatic carbocycles. The fourth-order valence-corrected chi connectivity index (χ4v) is 11.8. The van der Waals surface area contributed by atoms with Crippen LogP contribution in [0.4, 0.5) is 34.1 Å². The average molecular weight is 761 g/mol. The van der Waals surface area contributed by atoms with Gasteiger partial charge >= 0.3 is 0 Å². The maximum atomic E-state index is 2.58. The highest BCUT2D eigenvalue weighted by Gasteiger charge is 2.44. The fourth-order valence-electron chi connectivity index (χ4n) is 11.8. The van der Waals surface area contributed by atoms with Gasteiger partial charge in [-0.15, -0.1) is 0 Å². The Morgan fingerprint density at radius 1 is 0.433 bits per heavy atom. The van der Waals surface area contributed by atoms with E-state index in [9.17, 15) is 0 Å². The second kappa shape index (κ2) is 11.0. The van der Waals surface area contributed by atoms with E-state index < -0.39 is 0 Å². The number of rotatable bonds is 2. The van der Waals surface area contributed by atoms with E-state index in [0.29, 0.717) is 0 Å². The molecular formula is C55H33BN4. The number of nitrogens with zero attached hydrogens (tertiary/aromatic N) is 4. The quantitative estimate of drug-likeness (QED) is 0.163. The molecule has 0 atom stereocenters. The summed E-state index contributed by atoms with van der Waals surface area (Å²) in [5.41, 5.74) is 20.3. The first-order valence-corrected chi connectivity index (χ1v) is 21.0. The van der Waals surface area contributed by atoms with Crippen molar-refractivity contribution < 1.29 is 0 Å². The van der Waals surface area contributed by atoms with Crippen LogP contribution >= 0.6 is 0 Å². The number of anilines is 6. The second-order valence-corrected chi connectivity index (χ2v) is 16.8. The monoisotopic (exact) mass is 760 g/mol. The molecule has 0 fully saturated rings. The number of hydrogen-bond donors (Lipinski definition) is 0. The van der Waals surface area contributed by atoms with Crippen LogP contribution in [0, 0.1) is 0 Å². The smallest absolute Gasteiger partial charge is 0.252 e. The van der Waals surface area contributed by atoms with Crippen molar-refractivity contribution in [1.29, 1.82) is 0 Å². The van der Waals surface area contributed by atoms with Crippen LogP contribution in [0.25, 0.3) is 71.5 Å². The van der Waals surface area contributed by atoms with Gasteiger partial charge in [0.15, 0.2) is 0 Å². The van der Waals surface area contributed by atoms with Crippen molar-refractivity contribution in [3.05, 3.63) is 193 Å². The van der Waals surface area contributed by atoms with Gasteiger partial charge < -0.3 is 18.6 Å². The second-order valence-electron chi connectivity index (χ2n) is 16.8. The molecule has 2 aliphatic heterocycles. The van der Waals surface area contributed by atoms with Crippen LogP contribution in [0.3, 0.4) is 0 Å². The van der Waals surface area contributed by atoms with Crippen LogP contribution in [0.2, 0.25) is 0 Å². The van der Waals surface area contributed by atoms with Crippen molar-refractivity contribution in [2.45, 2.75) is 6.42 Å². The summed E-state index contributed by atoms with van der Waals surface area (Å²) in [4.78, 5) is 5.11. The Labute approximate surface area is 345 Å². The number of para-hydroxylation sites is 5. The van der Waals surface area contributed by atoms with Crippen molar-refractivity contribution in [2.24, 2.45) is 0 Å². The maximum Gasteiger partial charge on any atom is 0.252 e. The highest BCUT2D eigenvalue weighted by Crippen LogP contribution is 2.48. The zero-order chi connectivity index (χ0) is 38.8. The predicted molar refractivity (Wildman–Crippen MR) is 254 cm³/mol. The van der Waals surface area contributed by atoms with Crippen LogP contribution in [0.1, 0.15) is 5.56 Å². The van der Waals surface area contributed by atoms with Crippen LogP contribution in [-0.4, -0.2) is 15.5 Å². The molecule has 60 heavy (non-hydrogen) atoms. The Bertz CT molecular complexity index is 3930. The molecule has 4 aromatic heterocycles. The molecule has 0 spiro atoms. The van der Waals surface area contributed by atoms with E-state index in [2.05, 4.69) is 207 Å². The molecule has 12 aromatic rings. The highest BCUT2D eigenvalue weighted by atomic mass is 15.2. The lowest BCUT2D eigenvalue weighted by molar-refractivity contribution is 1.26. The molecule has 0 amide bonds. The number of hydrogen-bond acceptors (Lipinski definition) is 2. The summed E-state index contributed by atoms with van der Waals surface area (Å²) in [6, 6.07) is 63.6. The molecule has 8 aromatic carbocycles. The summed E-state index contributed by atoms with van der Waals surface area (Å²) in [6.07, 6.45) is 7.89. The third kappa shape index (κ3) is 3.67. The molecule has 276 valence electrons. The van der Waals surface area contributed by atoms with E-state index in [4.69, 9.17) is 0 Å². The van der Waals surface area contributed by atoms with Gasteiger partial charge in [-0.1, -0.05) is 127 Å². The largest absolute Gasteiger partial charge is 0.311 e. The minimum Gasteiger partial charge on any atom is -0.311 e. The van der Waals surface area contributed by atoms with Gasteiger partial charge in [-0.05, 0) is 89.0 Å². The molecule has 6 heterocycles. The van der Waals surface area contributed by atoms with Crippen molar-refractivity contribution in [3.8, 4) is 0 Å². The standard InChI is InChI=1S/C55H33BN4/c1-3-15-33(16-4-1)57-47-27-14-28-48-52(47)56(43-31-41-39-24-13-23-38-36-20-10-12-26-45(36)60(53(38)39)49(41)32-50(43)57)42-29-30-46-51(55(42)58(48)34-17-5-2-6-18-34)40-22-8-7-21-37-35-19-9-11-25-44(35)59(46)54(37)40/h1-20,22-32H,21H2. The molecule has 15 rings (SSSR count). The minimum atomic E-state index is -0.00858. The summed E-state index contributed by atoms with van der Waals surface area (Å²) >= 11 is 0. The van der Waals surface area contributed by atoms with Gasteiger partial charge in [0.1, 0.15) is 0 Å². The molecule has 0 saturated carbocycles. The first kappa shape index (κ1) is 31.3. The Kier molecular flexibility index (Phi) is 5.75. The van der Waals surface area contributed by atoms with Gasteiger partial charge in [-0.25, -0.2) is 0 Å². The van der Waals surface area contributed by atoms with E-state index in [1.54, 1.807) is 0 Å². The summed E-state index contributed by atoms with van der Waals surface area (Å²) in [6.45, 7) is -0.00858. The Balaban J connectivity index is 1.13. The summed E-state index contributed by atoms with van der Waals surface area (Å²) in [5, 5.41) is 9.15. The lowest BCUT2D eigenvalue weighted by Crippen LogP contribution is -2.61. The van der Waals surface area contributed by atoms with Gasteiger partial charge in [0.2, 0.25) is 0 Å². The number of fused-ring (bicyclic) bond motifs is 17. The van der Waals surface area contributed by atoms with Crippen LogP contribution in [-0.2, 0) is 6.42 Å². The molecule has 5 heteroatoms. The van der Waals surface area contributed by atoms with E-state index in [-0.39, 0.29) is 6.71 Å². The van der Waals surface area contributed by atoms with Gasteiger partial charge in [-0.3, -0.25) is 0 Å². The Morgan fingerprint density at radius 2 is 1.07 bits per heavy atom. The molecular weight excluding hydrogens is 727 g/mol. The topological polar surface area (TPSA) is 15.3 Å². The van der Waals surface area contributed by atoms with Gasteiger partial charge in [0.05, 0.1) is 38.8 Å². The van der Waals surface area contributed by atoms with Crippen LogP contribution < -0.4 is 31.4 Å². The summed E-state index contributed by atoms with van der Waals surface area (Å²) < 4.78 is 5.07. The van der Waals surface area contributed by atoms with E-state index in [1.165, 1.54) is 115 Å². The highest BCUT2D eigenvalue weighted by molar-refractivity contribution is 7.00. The van der Waals surface area contributed by atoms with Crippen molar-refractivity contribution in [2.75, 3.05) is 9.80 Å². The molecule has 0 unspecified atom stereocenters. The predicted octanol–water partition coefficient (Wildman–Crippen LogP) is 11.1. The van der Waals surface area contributed by atoms with E-state index >= 15 is 0 Å². The van der Waals surface area contributed by atoms with Crippen molar-refractivity contribution in [3.63, 3.8) is 0 Å². The van der Waals surface area contributed by atoms with E-state index in [1.807, 2.05) is 0 Å². The summed E-state index contributed by atoms with van der Waals surface area (Å²) in [5.74, 6) is 0. The zero-order valence-corrected chi connectivity index (χ0v) is 32.5. The van der Waals surface area contributed by atoms with Crippen LogP contribution in [0.5, 0.6) is 0 Å². The minimum absolute atomic E-state index is 0.00858. The first-order valence-electron chi connectivity index (χ1n) is 21.0. The maximum absolute atomic E-state index is 2.58. The average Bonchev–Trinajstić information content (AvgIpc) is 3.97. The zero-order valence-electron chi connectivity index (χ0n) is 32.5. The molecule has 3 aliphatic rings. The number of allylic oxidation sites excluding steroid dienone is 2. The van der Waals surface area contributed by atoms with Gasteiger partial charge in [0.25, 0.3) is 6.71 Å². The van der Waals surface area contributed by atoms with Gasteiger partial charge in [-0.2, -0.15) is 0 Å². The van der Waals surface area contributed by atoms with E-state index in [0.717, 1.165) is 17.8 Å². The van der Waals surface area contributed by atoms with Crippen LogP contribution in [0.15, 0.2) is 182 Å². The third-order valence-electron chi connectivity index (χ3n) is 14.0. The first-order chi connectivity index (χ1) is 29.8. The lowest BCUT2D eigenvalue weighted by atomic mass is 9.33. The summed E-state index contributed by atoms with van der Waals surface area (Å²) in [7, 11) is 0. The van der Waals surface area contributed by atoms with Crippen molar-refractivity contribution in [1.82, 2.24) is 8.80 Å².